The van der Waals surface area contributed by atoms with Gasteiger partial charge in [-0.05, 0) is 43.3 Å². The molecule has 1 atom stereocenters. The van der Waals surface area contributed by atoms with Gasteiger partial charge in [0.1, 0.15) is 5.76 Å². The molecule has 1 unspecified atom stereocenters. The quantitative estimate of drug-likeness (QED) is 0.879. The Morgan fingerprint density at radius 2 is 2.00 bits per heavy atom. The van der Waals surface area contributed by atoms with Crippen LogP contribution in [0.25, 0.3) is 0 Å². The second-order valence-electron chi connectivity index (χ2n) is 4.67. The maximum atomic E-state index is 10.1. The molecule has 3 nitrogen and oxygen atoms in total. The Labute approximate surface area is 118 Å². The smallest absolute Gasteiger partial charge is 0.117 e. The molecule has 2 aromatic rings. The number of nitrogens with zero attached hydrogens (tertiary/aromatic N) is 1. The molecule has 1 aromatic carbocycles. The summed E-state index contributed by atoms with van der Waals surface area (Å²) in [6, 6.07) is 11.1. The molecule has 0 amide bonds. The molecule has 0 aliphatic carbocycles. The van der Waals surface area contributed by atoms with Gasteiger partial charge in [-0.1, -0.05) is 23.7 Å². The van der Waals surface area contributed by atoms with E-state index in [-0.39, 0.29) is 0 Å². The van der Waals surface area contributed by atoms with E-state index >= 15 is 0 Å². The van der Waals surface area contributed by atoms with Crippen LogP contribution in [0.1, 0.15) is 23.8 Å². The number of hydrogen-bond acceptors (Lipinski definition) is 3. The van der Waals surface area contributed by atoms with Crippen LogP contribution in [0.3, 0.4) is 0 Å². The van der Waals surface area contributed by atoms with Gasteiger partial charge < -0.3 is 9.52 Å². The first-order valence-electron chi connectivity index (χ1n) is 6.29. The first-order valence-corrected chi connectivity index (χ1v) is 6.67. The van der Waals surface area contributed by atoms with E-state index in [1.165, 1.54) is 0 Å². The molecule has 0 fully saturated rings. The molecular formula is C15H18ClNO2. The van der Waals surface area contributed by atoms with E-state index in [9.17, 15) is 5.11 Å². The van der Waals surface area contributed by atoms with Crippen molar-refractivity contribution >= 4 is 11.6 Å². The SMILES string of the molecule is CN(CCC(O)c1ccc(Cl)cc1)Cc1ccco1. The van der Waals surface area contributed by atoms with E-state index in [1.54, 1.807) is 18.4 Å². The highest BCUT2D eigenvalue weighted by Gasteiger charge is 2.09. The predicted molar refractivity (Wildman–Crippen MR) is 76.1 cm³/mol. The van der Waals surface area contributed by atoms with Gasteiger partial charge in [0.15, 0.2) is 0 Å². The molecule has 1 N–H and O–H groups in total. The van der Waals surface area contributed by atoms with Crippen molar-refractivity contribution < 1.29 is 9.52 Å². The highest BCUT2D eigenvalue weighted by Crippen LogP contribution is 2.19. The van der Waals surface area contributed by atoms with Crippen molar-refractivity contribution in [2.24, 2.45) is 0 Å². The molecule has 0 aliphatic rings. The average molecular weight is 280 g/mol. The fourth-order valence-electron chi connectivity index (χ4n) is 1.94. The predicted octanol–water partition coefficient (Wildman–Crippen LogP) is 3.49. The fourth-order valence-corrected chi connectivity index (χ4v) is 2.07. The van der Waals surface area contributed by atoms with Gasteiger partial charge in [0.2, 0.25) is 0 Å². The second-order valence-corrected chi connectivity index (χ2v) is 5.11. The van der Waals surface area contributed by atoms with Gasteiger partial charge in [0, 0.05) is 11.6 Å². The lowest BCUT2D eigenvalue weighted by molar-refractivity contribution is 0.145. The second kappa shape index (κ2) is 6.75. The summed E-state index contributed by atoms with van der Waals surface area (Å²) in [4.78, 5) is 2.12. The molecule has 1 aromatic heterocycles. The zero-order chi connectivity index (χ0) is 13.7. The minimum atomic E-state index is -0.462. The van der Waals surface area contributed by atoms with Crippen molar-refractivity contribution in [1.29, 1.82) is 0 Å². The first kappa shape index (κ1) is 14.1. The van der Waals surface area contributed by atoms with Crippen molar-refractivity contribution in [3.8, 4) is 0 Å². The summed E-state index contributed by atoms with van der Waals surface area (Å²) in [6.45, 7) is 1.55. The van der Waals surface area contributed by atoms with Crippen LogP contribution in [0, 0.1) is 0 Å². The first-order chi connectivity index (χ1) is 9.15. The van der Waals surface area contributed by atoms with Crippen molar-refractivity contribution in [3.05, 3.63) is 59.0 Å². The van der Waals surface area contributed by atoms with Gasteiger partial charge in [0.25, 0.3) is 0 Å². The summed E-state index contributed by atoms with van der Waals surface area (Å²) in [7, 11) is 2.01. The van der Waals surface area contributed by atoms with E-state index < -0.39 is 6.10 Å². The molecular weight excluding hydrogens is 262 g/mol. The van der Waals surface area contributed by atoms with Crippen LogP contribution in [-0.4, -0.2) is 23.6 Å². The zero-order valence-corrected chi connectivity index (χ0v) is 11.7. The standard InChI is InChI=1S/C15H18ClNO2/c1-17(11-14-3-2-10-19-14)9-8-15(18)12-4-6-13(16)7-5-12/h2-7,10,15,18H,8-9,11H2,1H3. The number of hydrogen-bond donors (Lipinski definition) is 1. The van der Waals surface area contributed by atoms with Gasteiger partial charge >= 0.3 is 0 Å². The molecule has 19 heavy (non-hydrogen) atoms. The lowest BCUT2D eigenvalue weighted by Crippen LogP contribution is -2.20. The van der Waals surface area contributed by atoms with E-state index in [0.717, 1.165) is 24.4 Å². The van der Waals surface area contributed by atoms with Crippen molar-refractivity contribution in [2.75, 3.05) is 13.6 Å². The third-order valence-electron chi connectivity index (χ3n) is 3.04. The Kier molecular flexibility index (Phi) is 5.02. The molecule has 102 valence electrons. The Morgan fingerprint density at radius 1 is 1.26 bits per heavy atom. The molecule has 1 heterocycles. The maximum absolute atomic E-state index is 10.1. The molecule has 0 aliphatic heterocycles. The molecule has 0 saturated heterocycles. The fraction of sp³-hybridized carbons (Fsp3) is 0.333. The van der Waals surface area contributed by atoms with Crippen LogP contribution in [0.2, 0.25) is 5.02 Å². The molecule has 0 saturated carbocycles. The minimum absolute atomic E-state index is 0.462. The number of furan rings is 1. The summed E-state index contributed by atoms with van der Waals surface area (Å²) in [5.41, 5.74) is 0.899. The topological polar surface area (TPSA) is 36.6 Å². The number of rotatable bonds is 6. The van der Waals surface area contributed by atoms with Crippen LogP contribution in [0.5, 0.6) is 0 Å². The molecule has 2 rings (SSSR count). The van der Waals surface area contributed by atoms with Crippen LogP contribution < -0.4 is 0 Å². The zero-order valence-electron chi connectivity index (χ0n) is 10.9. The van der Waals surface area contributed by atoms with Gasteiger partial charge in [0.05, 0.1) is 18.9 Å². The molecule has 0 bridgehead atoms. The highest BCUT2D eigenvalue weighted by molar-refractivity contribution is 6.30. The van der Waals surface area contributed by atoms with Crippen LogP contribution in [0.4, 0.5) is 0 Å². The van der Waals surface area contributed by atoms with E-state index in [2.05, 4.69) is 4.90 Å². The summed E-state index contributed by atoms with van der Waals surface area (Å²) >= 11 is 5.82. The largest absolute Gasteiger partial charge is 0.468 e. The highest BCUT2D eigenvalue weighted by atomic mass is 35.5. The Morgan fingerprint density at radius 3 is 2.63 bits per heavy atom. The number of halogens is 1. The van der Waals surface area contributed by atoms with E-state index in [4.69, 9.17) is 16.0 Å². The summed E-state index contributed by atoms with van der Waals surface area (Å²) < 4.78 is 5.29. The Hall–Kier alpha value is -1.29. The van der Waals surface area contributed by atoms with Crippen LogP contribution in [0.15, 0.2) is 47.1 Å². The molecule has 4 heteroatoms. The van der Waals surface area contributed by atoms with Gasteiger partial charge in [-0.2, -0.15) is 0 Å². The van der Waals surface area contributed by atoms with Crippen molar-refractivity contribution in [1.82, 2.24) is 4.90 Å². The molecule has 0 spiro atoms. The summed E-state index contributed by atoms with van der Waals surface area (Å²) in [5, 5.41) is 10.8. The normalized spacial score (nSPS) is 12.8. The van der Waals surface area contributed by atoms with Crippen molar-refractivity contribution in [3.63, 3.8) is 0 Å². The van der Waals surface area contributed by atoms with E-state index in [0.29, 0.717) is 11.4 Å². The Bertz CT molecular complexity index is 481. The molecule has 0 radical (unpaired) electrons. The number of benzene rings is 1. The monoisotopic (exact) mass is 279 g/mol. The van der Waals surface area contributed by atoms with Crippen molar-refractivity contribution in [2.45, 2.75) is 19.1 Å². The lowest BCUT2D eigenvalue weighted by Gasteiger charge is -2.18. The average Bonchev–Trinajstić information content (AvgIpc) is 2.89. The minimum Gasteiger partial charge on any atom is -0.468 e. The van der Waals surface area contributed by atoms with E-state index in [1.807, 2.05) is 31.3 Å². The third kappa shape index (κ3) is 4.39. The third-order valence-corrected chi connectivity index (χ3v) is 3.30. The van der Waals surface area contributed by atoms with Crippen LogP contribution in [-0.2, 0) is 6.54 Å². The maximum Gasteiger partial charge on any atom is 0.117 e. The summed E-state index contributed by atoms with van der Waals surface area (Å²) in [6.07, 6.45) is 1.89. The van der Waals surface area contributed by atoms with Gasteiger partial charge in [-0.25, -0.2) is 0 Å². The lowest BCUT2D eigenvalue weighted by atomic mass is 10.1. The van der Waals surface area contributed by atoms with Gasteiger partial charge in [-0.3, -0.25) is 4.90 Å². The van der Waals surface area contributed by atoms with Gasteiger partial charge in [-0.15, -0.1) is 0 Å². The number of aliphatic hydroxyl groups excluding tert-OH is 1. The summed E-state index contributed by atoms with van der Waals surface area (Å²) in [5.74, 6) is 0.934. The number of aliphatic hydroxyl groups is 1. The van der Waals surface area contributed by atoms with Crippen LogP contribution >= 0.6 is 11.6 Å². The Balaban J connectivity index is 1.79.